The van der Waals surface area contributed by atoms with Gasteiger partial charge in [0.1, 0.15) is 5.82 Å². The third kappa shape index (κ3) is 3.51. The molecule has 0 heterocycles. The van der Waals surface area contributed by atoms with Crippen molar-refractivity contribution in [3.05, 3.63) is 35.1 Å². The van der Waals surface area contributed by atoms with Crippen LogP contribution in [0.4, 0.5) is 4.39 Å². The first-order valence-corrected chi connectivity index (χ1v) is 6.10. The second-order valence-electron chi connectivity index (χ2n) is 4.35. The molecule has 0 radical (unpaired) electrons. The third-order valence-electron chi connectivity index (χ3n) is 3.05. The minimum Gasteiger partial charge on any atom is -0.379 e. The van der Waals surface area contributed by atoms with Gasteiger partial charge in [-0.05, 0) is 26.5 Å². The van der Waals surface area contributed by atoms with Gasteiger partial charge in [0.15, 0.2) is 0 Å². The molecule has 3 heteroatoms. The van der Waals surface area contributed by atoms with Crippen LogP contribution in [0.3, 0.4) is 0 Å². The second-order valence-corrected chi connectivity index (χ2v) is 4.35. The molecule has 96 valence electrons. The molecule has 1 aromatic carbocycles. The van der Waals surface area contributed by atoms with Crippen LogP contribution >= 0.6 is 0 Å². The fourth-order valence-corrected chi connectivity index (χ4v) is 2.15. The van der Waals surface area contributed by atoms with Crippen LogP contribution < -0.4 is 5.32 Å². The number of benzene rings is 1. The summed E-state index contributed by atoms with van der Waals surface area (Å²) in [6.07, 6.45) is 1.93. The van der Waals surface area contributed by atoms with Gasteiger partial charge in [0.25, 0.3) is 0 Å². The fourth-order valence-electron chi connectivity index (χ4n) is 2.15. The molecule has 1 aromatic rings. The summed E-state index contributed by atoms with van der Waals surface area (Å²) >= 11 is 0. The predicted molar refractivity (Wildman–Crippen MR) is 68.6 cm³/mol. The molecule has 2 atom stereocenters. The number of likely N-dealkylation sites (N-methyl/N-ethyl adjacent to an activating group) is 1. The van der Waals surface area contributed by atoms with Gasteiger partial charge in [-0.2, -0.15) is 0 Å². The van der Waals surface area contributed by atoms with E-state index in [9.17, 15) is 4.39 Å². The molecular formula is C14H22FNO. The molecule has 0 aliphatic heterocycles. The number of ether oxygens (including phenoxy) is 1. The first-order chi connectivity index (χ1) is 8.13. The van der Waals surface area contributed by atoms with Crippen LogP contribution in [-0.4, -0.2) is 20.3 Å². The van der Waals surface area contributed by atoms with Crippen LogP contribution in [0.1, 0.15) is 36.9 Å². The average molecular weight is 239 g/mol. The SMILES string of the molecule is CCCC(OC)C(NC)c1cc(C)ccc1F. The molecule has 0 amide bonds. The summed E-state index contributed by atoms with van der Waals surface area (Å²) in [5.74, 6) is -0.173. The van der Waals surface area contributed by atoms with Gasteiger partial charge < -0.3 is 10.1 Å². The van der Waals surface area contributed by atoms with E-state index in [-0.39, 0.29) is 18.0 Å². The van der Waals surface area contributed by atoms with Gasteiger partial charge in [-0.3, -0.25) is 0 Å². The van der Waals surface area contributed by atoms with Gasteiger partial charge in [0.05, 0.1) is 12.1 Å². The van der Waals surface area contributed by atoms with Crippen LogP contribution in [0.2, 0.25) is 0 Å². The third-order valence-corrected chi connectivity index (χ3v) is 3.05. The minimum atomic E-state index is -0.173. The molecule has 0 bridgehead atoms. The van der Waals surface area contributed by atoms with Crippen LogP contribution in [0.25, 0.3) is 0 Å². The molecule has 0 aliphatic carbocycles. The first-order valence-electron chi connectivity index (χ1n) is 6.10. The predicted octanol–water partition coefficient (Wildman–Crippen LogP) is 3.21. The molecule has 0 saturated heterocycles. The Morgan fingerprint density at radius 2 is 2.12 bits per heavy atom. The number of hydrogen-bond donors (Lipinski definition) is 1. The Morgan fingerprint density at radius 3 is 2.65 bits per heavy atom. The van der Waals surface area contributed by atoms with E-state index in [2.05, 4.69) is 12.2 Å². The zero-order chi connectivity index (χ0) is 12.8. The first kappa shape index (κ1) is 14.1. The molecule has 0 aliphatic rings. The quantitative estimate of drug-likeness (QED) is 0.823. The second kappa shape index (κ2) is 6.72. The van der Waals surface area contributed by atoms with Crippen LogP contribution in [0.5, 0.6) is 0 Å². The van der Waals surface area contributed by atoms with E-state index >= 15 is 0 Å². The highest BCUT2D eigenvalue weighted by molar-refractivity contribution is 5.27. The lowest BCUT2D eigenvalue weighted by Gasteiger charge is -2.26. The number of hydrogen-bond acceptors (Lipinski definition) is 2. The highest BCUT2D eigenvalue weighted by Crippen LogP contribution is 2.25. The Labute approximate surface area is 103 Å². The Bertz CT molecular complexity index is 354. The number of rotatable bonds is 6. The van der Waals surface area contributed by atoms with Crippen LogP contribution in [-0.2, 0) is 4.74 Å². The van der Waals surface area contributed by atoms with Gasteiger partial charge in [-0.1, -0.05) is 31.0 Å². The zero-order valence-electron chi connectivity index (χ0n) is 11.1. The van der Waals surface area contributed by atoms with Crippen molar-refractivity contribution in [1.82, 2.24) is 5.32 Å². The maximum absolute atomic E-state index is 13.8. The van der Waals surface area contributed by atoms with E-state index in [1.807, 2.05) is 20.0 Å². The maximum atomic E-state index is 13.8. The Hall–Kier alpha value is -0.930. The number of aryl methyl sites for hydroxylation is 1. The topological polar surface area (TPSA) is 21.3 Å². The molecule has 0 spiro atoms. The van der Waals surface area contributed by atoms with E-state index in [0.29, 0.717) is 5.56 Å². The highest BCUT2D eigenvalue weighted by Gasteiger charge is 2.23. The molecule has 0 saturated carbocycles. The van der Waals surface area contributed by atoms with Gasteiger partial charge in [-0.25, -0.2) is 4.39 Å². The summed E-state index contributed by atoms with van der Waals surface area (Å²) in [7, 11) is 3.52. The van der Waals surface area contributed by atoms with Gasteiger partial charge in [0, 0.05) is 12.7 Å². The Balaban J connectivity index is 3.02. The summed E-state index contributed by atoms with van der Waals surface area (Å²) in [6.45, 7) is 4.07. The van der Waals surface area contributed by atoms with Gasteiger partial charge >= 0.3 is 0 Å². The lowest BCUT2D eigenvalue weighted by Crippen LogP contribution is -2.31. The summed E-state index contributed by atoms with van der Waals surface area (Å²) < 4.78 is 19.3. The van der Waals surface area contributed by atoms with Crippen molar-refractivity contribution in [3.63, 3.8) is 0 Å². The maximum Gasteiger partial charge on any atom is 0.128 e. The van der Waals surface area contributed by atoms with Crippen LogP contribution in [0.15, 0.2) is 18.2 Å². The molecule has 0 aromatic heterocycles. The van der Waals surface area contributed by atoms with Crippen molar-refractivity contribution in [1.29, 1.82) is 0 Å². The standard InChI is InChI=1S/C14H22FNO/c1-5-6-13(17-4)14(16-3)11-9-10(2)7-8-12(11)15/h7-9,13-14,16H,5-6H2,1-4H3. The van der Waals surface area contributed by atoms with Crippen molar-refractivity contribution >= 4 is 0 Å². The largest absolute Gasteiger partial charge is 0.379 e. The van der Waals surface area contributed by atoms with E-state index in [4.69, 9.17) is 4.74 Å². The zero-order valence-corrected chi connectivity index (χ0v) is 11.1. The minimum absolute atomic E-state index is 0.00120. The van der Waals surface area contributed by atoms with Crippen LogP contribution in [0, 0.1) is 12.7 Å². The van der Waals surface area contributed by atoms with Gasteiger partial charge in [-0.15, -0.1) is 0 Å². The van der Waals surface area contributed by atoms with Crippen molar-refractivity contribution in [3.8, 4) is 0 Å². The monoisotopic (exact) mass is 239 g/mol. The van der Waals surface area contributed by atoms with Crippen molar-refractivity contribution in [2.75, 3.05) is 14.2 Å². The molecule has 0 fully saturated rings. The summed E-state index contributed by atoms with van der Waals surface area (Å²) in [6, 6.07) is 5.10. The van der Waals surface area contributed by atoms with E-state index in [1.54, 1.807) is 13.2 Å². The number of methoxy groups -OCH3 is 1. The Morgan fingerprint density at radius 1 is 1.41 bits per heavy atom. The van der Waals surface area contributed by atoms with E-state index in [0.717, 1.165) is 18.4 Å². The summed E-state index contributed by atoms with van der Waals surface area (Å²) in [4.78, 5) is 0. The normalized spacial score (nSPS) is 14.6. The highest BCUT2D eigenvalue weighted by atomic mass is 19.1. The van der Waals surface area contributed by atoms with Crippen molar-refractivity contribution in [2.24, 2.45) is 0 Å². The Kier molecular flexibility index (Phi) is 5.59. The number of nitrogens with one attached hydrogen (secondary N) is 1. The molecule has 1 N–H and O–H groups in total. The van der Waals surface area contributed by atoms with E-state index < -0.39 is 0 Å². The molecule has 1 rings (SSSR count). The molecule has 2 unspecified atom stereocenters. The van der Waals surface area contributed by atoms with Crippen molar-refractivity contribution in [2.45, 2.75) is 38.8 Å². The fraction of sp³-hybridized carbons (Fsp3) is 0.571. The number of halogens is 1. The van der Waals surface area contributed by atoms with E-state index in [1.165, 1.54) is 6.07 Å². The lowest BCUT2D eigenvalue weighted by atomic mass is 9.96. The van der Waals surface area contributed by atoms with Crippen molar-refractivity contribution < 1.29 is 9.13 Å². The smallest absolute Gasteiger partial charge is 0.128 e. The molecule has 17 heavy (non-hydrogen) atoms. The average Bonchev–Trinajstić information content (AvgIpc) is 2.33. The lowest BCUT2D eigenvalue weighted by molar-refractivity contribution is 0.0619. The molecule has 2 nitrogen and oxygen atoms in total. The molecular weight excluding hydrogens is 217 g/mol. The van der Waals surface area contributed by atoms with Gasteiger partial charge in [0.2, 0.25) is 0 Å². The summed E-state index contributed by atoms with van der Waals surface area (Å²) in [5.41, 5.74) is 1.75. The summed E-state index contributed by atoms with van der Waals surface area (Å²) in [5, 5.41) is 3.16.